The van der Waals surface area contributed by atoms with Crippen molar-refractivity contribution in [3.63, 3.8) is 0 Å². The normalized spacial score (nSPS) is 23.7. The summed E-state index contributed by atoms with van der Waals surface area (Å²) in [5, 5.41) is 5.32. The Labute approximate surface area is 174 Å². The van der Waals surface area contributed by atoms with Gasteiger partial charge in [0, 0.05) is 22.0 Å². The lowest BCUT2D eigenvalue weighted by atomic mass is 9.69. The largest absolute Gasteiger partial charge is 0.376 e. The van der Waals surface area contributed by atoms with Gasteiger partial charge >= 0.3 is 0 Å². The van der Waals surface area contributed by atoms with Crippen LogP contribution in [-0.2, 0) is 24.2 Å². The molecule has 0 bridgehead atoms. The summed E-state index contributed by atoms with van der Waals surface area (Å²) in [6.45, 7) is 4.98. The van der Waals surface area contributed by atoms with Crippen molar-refractivity contribution in [2.24, 2.45) is 5.41 Å². The van der Waals surface area contributed by atoms with Crippen LogP contribution in [0.3, 0.4) is 0 Å². The van der Waals surface area contributed by atoms with E-state index in [1.54, 1.807) is 0 Å². The molecule has 0 spiro atoms. The Morgan fingerprint density at radius 3 is 2.76 bits per heavy atom. The molecular weight excluding hydrogens is 356 g/mol. The van der Waals surface area contributed by atoms with E-state index < -0.39 is 0 Å². The Balaban J connectivity index is 1.43. The van der Waals surface area contributed by atoms with Crippen LogP contribution in [0, 0.1) is 5.41 Å². The molecule has 3 nitrogen and oxygen atoms in total. The van der Waals surface area contributed by atoms with Gasteiger partial charge < -0.3 is 9.30 Å². The smallest absolute Gasteiger partial charge is 0.0899 e. The van der Waals surface area contributed by atoms with Crippen LogP contribution in [0.2, 0.25) is 0 Å². The number of hydrogen-bond acceptors (Lipinski definition) is 2. The van der Waals surface area contributed by atoms with Crippen LogP contribution in [0.1, 0.15) is 55.6 Å². The van der Waals surface area contributed by atoms with Crippen molar-refractivity contribution >= 4 is 10.9 Å². The van der Waals surface area contributed by atoms with Crippen LogP contribution >= 0.6 is 0 Å². The van der Waals surface area contributed by atoms with Gasteiger partial charge in [0.1, 0.15) is 0 Å². The Morgan fingerprint density at radius 1 is 1.07 bits per heavy atom. The predicted octanol–water partition coefficient (Wildman–Crippen LogP) is 5.63. The zero-order chi connectivity index (χ0) is 19.7. The first kappa shape index (κ1) is 18.9. The maximum Gasteiger partial charge on any atom is 0.0899 e. The number of piperidine rings is 1. The molecule has 1 fully saturated rings. The molecule has 3 heteroatoms. The van der Waals surface area contributed by atoms with Crippen molar-refractivity contribution in [3.05, 3.63) is 71.4 Å². The lowest BCUT2D eigenvalue weighted by Crippen LogP contribution is -2.49. The topological polar surface area (TPSA) is 26.2 Å². The van der Waals surface area contributed by atoms with Crippen LogP contribution < -0.4 is 5.32 Å². The maximum atomic E-state index is 6.06. The summed E-state index contributed by atoms with van der Waals surface area (Å²) in [4.78, 5) is 0. The van der Waals surface area contributed by atoms with Gasteiger partial charge in [0.25, 0.3) is 0 Å². The van der Waals surface area contributed by atoms with Crippen LogP contribution in [0.15, 0.2) is 54.6 Å². The fourth-order valence-corrected chi connectivity index (χ4v) is 5.74. The fourth-order valence-electron chi connectivity index (χ4n) is 5.74. The summed E-state index contributed by atoms with van der Waals surface area (Å²) in [6.07, 6.45) is 7.83. The lowest BCUT2D eigenvalue weighted by molar-refractivity contribution is 0.0528. The predicted molar refractivity (Wildman–Crippen MR) is 119 cm³/mol. The molecule has 0 radical (unpaired) electrons. The summed E-state index contributed by atoms with van der Waals surface area (Å²) in [5.74, 6) is 0. The average Bonchev–Trinajstić information content (AvgIpc) is 3.11. The molecule has 1 N–H and O–H groups in total. The number of hydrogen-bond donors (Lipinski definition) is 1. The number of para-hydroxylation sites is 1. The second-order valence-corrected chi connectivity index (χ2v) is 8.78. The number of nitrogens with one attached hydrogen (secondary N) is 1. The average molecular weight is 389 g/mol. The van der Waals surface area contributed by atoms with Crippen molar-refractivity contribution in [1.82, 2.24) is 9.88 Å². The molecule has 2 aliphatic heterocycles. The molecule has 5 rings (SSSR count). The molecule has 1 saturated heterocycles. The molecule has 0 aliphatic carbocycles. The first-order valence-corrected chi connectivity index (χ1v) is 11.3. The molecule has 2 aliphatic rings. The van der Waals surface area contributed by atoms with Gasteiger partial charge in [-0.25, -0.2) is 0 Å². The summed E-state index contributed by atoms with van der Waals surface area (Å²) >= 11 is 0. The number of rotatable bonds is 6. The first-order valence-electron chi connectivity index (χ1n) is 11.3. The van der Waals surface area contributed by atoms with E-state index in [-0.39, 0.29) is 0 Å². The standard InChI is InChI=1S/C26H32N2O/c1-2-26-15-8-17-27-25(26)28-23-12-7-6-11-21(23)22(24(28)13-16-26)14-18-29-19-20-9-4-3-5-10-20/h3-7,9-12,25,27H,2,8,13-19H2,1H3/t25-,26+/m0/s1. The van der Waals surface area contributed by atoms with Crippen LogP contribution in [0.5, 0.6) is 0 Å². The van der Waals surface area contributed by atoms with Crippen molar-refractivity contribution in [2.45, 2.75) is 58.2 Å². The monoisotopic (exact) mass is 388 g/mol. The third kappa shape index (κ3) is 3.31. The van der Waals surface area contributed by atoms with Crippen LogP contribution in [-0.4, -0.2) is 17.7 Å². The van der Waals surface area contributed by atoms with Crippen molar-refractivity contribution in [3.8, 4) is 0 Å². The van der Waals surface area contributed by atoms with Gasteiger partial charge in [-0.1, -0.05) is 55.5 Å². The summed E-state index contributed by atoms with van der Waals surface area (Å²) in [6, 6.07) is 19.5. The highest BCUT2D eigenvalue weighted by Crippen LogP contribution is 2.50. The lowest BCUT2D eigenvalue weighted by Gasteiger charge is -2.49. The highest BCUT2D eigenvalue weighted by atomic mass is 16.5. The summed E-state index contributed by atoms with van der Waals surface area (Å²) in [5.41, 5.74) is 6.10. The molecule has 3 heterocycles. The number of ether oxygens (including phenoxy) is 1. The van der Waals surface area contributed by atoms with Gasteiger partial charge in [-0.3, -0.25) is 5.32 Å². The van der Waals surface area contributed by atoms with Crippen molar-refractivity contribution in [2.75, 3.05) is 13.2 Å². The molecule has 2 aromatic carbocycles. The quantitative estimate of drug-likeness (QED) is 0.554. The summed E-state index contributed by atoms with van der Waals surface area (Å²) in [7, 11) is 0. The van der Waals surface area contributed by atoms with E-state index >= 15 is 0 Å². The summed E-state index contributed by atoms with van der Waals surface area (Å²) < 4.78 is 8.72. The Bertz CT molecular complexity index is 977. The molecule has 0 amide bonds. The number of benzene rings is 2. The van der Waals surface area contributed by atoms with E-state index in [0.717, 1.165) is 19.6 Å². The minimum atomic E-state index is 0.411. The van der Waals surface area contributed by atoms with E-state index in [9.17, 15) is 0 Å². The van der Waals surface area contributed by atoms with E-state index in [1.807, 2.05) is 0 Å². The third-order valence-electron chi connectivity index (χ3n) is 7.33. The van der Waals surface area contributed by atoms with E-state index in [1.165, 1.54) is 59.8 Å². The maximum absolute atomic E-state index is 6.06. The van der Waals surface area contributed by atoms with E-state index in [4.69, 9.17) is 4.74 Å². The third-order valence-corrected chi connectivity index (χ3v) is 7.33. The first-order chi connectivity index (χ1) is 14.3. The zero-order valence-electron chi connectivity index (χ0n) is 17.5. The second kappa shape index (κ2) is 7.97. The molecule has 29 heavy (non-hydrogen) atoms. The molecule has 2 atom stereocenters. The highest BCUT2D eigenvalue weighted by molar-refractivity contribution is 5.86. The second-order valence-electron chi connectivity index (χ2n) is 8.78. The van der Waals surface area contributed by atoms with Crippen LogP contribution in [0.25, 0.3) is 10.9 Å². The van der Waals surface area contributed by atoms with E-state index in [0.29, 0.717) is 18.2 Å². The highest BCUT2D eigenvalue weighted by Gasteiger charge is 2.44. The molecule has 152 valence electrons. The van der Waals surface area contributed by atoms with Crippen LogP contribution in [0.4, 0.5) is 0 Å². The van der Waals surface area contributed by atoms with Crippen molar-refractivity contribution < 1.29 is 4.74 Å². The number of nitrogens with zero attached hydrogens (tertiary/aromatic N) is 1. The Morgan fingerprint density at radius 2 is 1.90 bits per heavy atom. The minimum Gasteiger partial charge on any atom is -0.376 e. The number of fused-ring (bicyclic) bond motifs is 5. The molecule has 0 saturated carbocycles. The van der Waals surface area contributed by atoms with Gasteiger partial charge in [0.15, 0.2) is 0 Å². The Hall–Kier alpha value is -2.10. The fraction of sp³-hybridized carbons (Fsp3) is 0.462. The number of aromatic nitrogens is 1. The van der Waals surface area contributed by atoms with Crippen molar-refractivity contribution in [1.29, 1.82) is 0 Å². The SMILES string of the molecule is CC[C@]12CCCN[C@H]1n1c(c(CCOCc3ccccc3)c3ccccc31)CC2. The van der Waals surface area contributed by atoms with Gasteiger partial charge in [-0.05, 0) is 62.3 Å². The van der Waals surface area contributed by atoms with E-state index in [2.05, 4.69) is 71.4 Å². The molecular formula is C26H32N2O. The van der Waals surface area contributed by atoms with Gasteiger partial charge in [-0.2, -0.15) is 0 Å². The van der Waals surface area contributed by atoms with Gasteiger partial charge in [-0.15, -0.1) is 0 Å². The molecule has 3 aromatic rings. The zero-order valence-corrected chi connectivity index (χ0v) is 17.5. The van der Waals surface area contributed by atoms with Gasteiger partial charge in [0.05, 0.1) is 19.4 Å². The van der Waals surface area contributed by atoms with Gasteiger partial charge in [0.2, 0.25) is 0 Å². The minimum absolute atomic E-state index is 0.411. The Kier molecular flexibility index (Phi) is 5.19. The molecule has 1 aromatic heterocycles. The molecule has 0 unspecified atom stereocenters.